The minimum Gasteiger partial charge on any atom is -0.289 e. The minimum absolute atomic E-state index is 0.931. The molecule has 46 valence electrons. The van der Waals surface area contributed by atoms with Crippen molar-refractivity contribution in [2.24, 2.45) is 4.99 Å². The van der Waals surface area contributed by atoms with E-state index in [-0.39, 0.29) is 0 Å². The molecule has 0 bridgehead atoms. The van der Waals surface area contributed by atoms with E-state index in [0.29, 0.717) is 0 Å². The second-order valence-corrected chi connectivity index (χ2v) is 2.78. The Morgan fingerprint density at radius 2 is 2.00 bits per heavy atom. The molecule has 0 aliphatic carbocycles. The summed E-state index contributed by atoms with van der Waals surface area (Å²) in [6.07, 6.45) is 4.94. The SMILES string of the molecule is CSC(=NC=N)SC. The van der Waals surface area contributed by atoms with Crippen molar-refractivity contribution in [1.82, 2.24) is 0 Å². The Kier molecular flexibility index (Phi) is 5.21. The number of aliphatic imine (C=N–C) groups is 1. The third-order valence-corrected chi connectivity index (χ3v) is 2.43. The number of thioether (sulfide) groups is 2. The van der Waals surface area contributed by atoms with Gasteiger partial charge < -0.3 is 0 Å². The van der Waals surface area contributed by atoms with E-state index in [2.05, 4.69) is 4.99 Å². The molecule has 0 aromatic carbocycles. The van der Waals surface area contributed by atoms with Crippen LogP contribution in [0.2, 0.25) is 0 Å². The number of rotatable bonds is 1. The first-order valence-corrected chi connectivity index (χ1v) is 4.44. The average Bonchev–Trinajstić information content (AvgIpc) is 1.83. The van der Waals surface area contributed by atoms with Gasteiger partial charge >= 0.3 is 0 Å². The average molecular weight is 148 g/mol. The van der Waals surface area contributed by atoms with Gasteiger partial charge in [-0.1, -0.05) is 0 Å². The normalized spacial score (nSPS) is 8.25. The molecule has 8 heavy (non-hydrogen) atoms. The maximum atomic E-state index is 6.60. The van der Waals surface area contributed by atoms with E-state index in [0.717, 1.165) is 10.7 Å². The Balaban J connectivity index is 3.66. The van der Waals surface area contributed by atoms with Crippen LogP contribution in [0.1, 0.15) is 0 Å². The van der Waals surface area contributed by atoms with Crippen molar-refractivity contribution in [3.8, 4) is 0 Å². The summed E-state index contributed by atoms with van der Waals surface area (Å²) >= 11 is 3.11. The van der Waals surface area contributed by atoms with Crippen molar-refractivity contribution in [3.05, 3.63) is 0 Å². The summed E-state index contributed by atoms with van der Waals surface area (Å²) < 4.78 is 0.931. The van der Waals surface area contributed by atoms with Gasteiger partial charge in [-0.25, -0.2) is 4.99 Å². The molecule has 0 aromatic heterocycles. The first-order chi connectivity index (χ1) is 3.85. The van der Waals surface area contributed by atoms with Crippen LogP contribution >= 0.6 is 23.5 Å². The van der Waals surface area contributed by atoms with Crippen molar-refractivity contribution in [1.29, 1.82) is 5.41 Å². The molecule has 0 atom stereocenters. The van der Waals surface area contributed by atoms with Gasteiger partial charge in [0.05, 0.1) is 0 Å². The van der Waals surface area contributed by atoms with Gasteiger partial charge in [0.25, 0.3) is 0 Å². The van der Waals surface area contributed by atoms with Crippen LogP contribution in [0, 0.1) is 5.41 Å². The Morgan fingerprint density at radius 1 is 1.50 bits per heavy atom. The van der Waals surface area contributed by atoms with Crippen LogP contribution in [0.25, 0.3) is 0 Å². The lowest BCUT2D eigenvalue weighted by atomic mass is 11.3. The van der Waals surface area contributed by atoms with E-state index in [4.69, 9.17) is 5.41 Å². The highest BCUT2D eigenvalue weighted by Crippen LogP contribution is 2.08. The van der Waals surface area contributed by atoms with Crippen LogP contribution in [-0.2, 0) is 0 Å². The third-order valence-electron chi connectivity index (χ3n) is 0.519. The summed E-state index contributed by atoms with van der Waals surface area (Å²) in [6, 6.07) is 0. The molecule has 0 aromatic rings. The van der Waals surface area contributed by atoms with Crippen LogP contribution in [0.5, 0.6) is 0 Å². The van der Waals surface area contributed by atoms with Gasteiger partial charge in [0.1, 0.15) is 10.7 Å². The Morgan fingerprint density at radius 3 is 2.12 bits per heavy atom. The van der Waals surface area contributed by atoms with E-state index in [1.165, 1.54) is 0 Å². The number of hydrogen-bond acceptors (Lipinski definition) is 3. The van der Waals surface area contributed by atoms with E-state index < -0.39 is 0 Å². The molecule has 1 N–H and O–H groups in total. The van der Waals surface area contributed by atoms with Crippen LogP contribution < -0.4 is 0 Å². The molecule has 0 aliphatic rings. The smallest absolute Gasteiger partial charge is 0.131 e. The molecule has 0 amide bonds. The predicted molar refractivity (Wildman–Crippen MR) is 43.2 cm³/mol. The molecule has 0 heterocycles. The number of nitrogens with zero attached hydrogens (tertiary/aromatic N) is 1. The lowest BCUT2D eigenvalue weighted by Crippen LogP contribution is -1.80. The fourth-order valence-electron chi connectivity index (χ4n) is 0.241. The lowest BCUT2D eigenvalue weighted by molar-refractivity contribution is 1.52. The fourth-order valence-corrected chi connectivity index (χ4v) is 1.22. The summed E-state index contributed by atoms with van der Waals surface area (Å²) in [4.78, 5) is 3.75. The zero-order valence-corrected chi connectivity index (χ0v) is 6.47. The standard InChI is InChI=1S/C4H8N2S2/c1-7-4(8-2)6-3-5/h3,5H,1-2H3. The summed E-state index contributed by atoms with van der Waals surface area (Å²) in [7, 11) is 0. The zero-order valence-electron chi connectivity index (χ0n) is 4.84. The van der Waals surface area contributed by atoms with Gasteiger partial charge in [-0.3, -0.25) is 5.41 Å². The Labute approximate surface area is 57.7 Å². The molecular weight excluding hydrogens is 140 g/mol. The summed E-state index contributed by atoms with van der Waals surface area (Å²) in [6.45, 7) is 0. The molecule has 0 rings (SSSR count). The van der Waals surface area contributed by atoms with Crippen molar-refractivity contribution in [3.63, 3.8) is 0 Å². The highest BCUT2D eigenvalue weighted by atomic mass is 32.2. The van der Waals surface area contributed by atoms with Crippen molar-refractivity contribution >= 4 is 34.2 Å². The summed E-state index contributed by atoms with van der Waals surface area (Å²) in [5.74, 6) is 0. The molecule has 2 nitrogen and oxygen atoms in total. The highest BCUT2D eigenvalue weighted by molar-refractivity contribution is 8.38. The zero-order chi connectivity index (χ0) is 6.41. The van der Waals surface area contributed by atoms with Gasteiger partial charge in [-0.05, 0) is 12.5 Å². The maximum absolute atomic E-state index is 6.60. The van der Waals surface area contributed by atoms with E-state index in [9.17, 15) is 0 Å². The monoisotopic (exact) mass is 148 g/mol. The molecule has 0 radical (unpaired) electrons. The third kappa shape index (κ3) is 3.10. The quantitative estimate of drug-likeness (QED) is 0.453. The van der Waals surface area contributed by atoms with Crippen LogP contribution in [0.3, 0.4) is 0 Å². The summed E-state index contributed by atoms with van der Waals surface area (Å²) in [5.41, 5.74) is 0. The highest BCUT2D eigenvalue weighted by Gasteiger charge is 1.87. The largest absolute Gasteiger partial charge is 0.289 e. The number of nitrogens with one attached hydrogen (secondary N) is 1. The predicted octanol–water partition coefficient (Wildman–Crippen LogP) is 1.68. The van der Waals surface area contributed by atoms with Crippen LogP contribution in [0.15, 0.2) is 4.99 Å². The maximum Gasteiger partial charge on any atom is 0.131 e. The molecule has 4 heteroatoms. The molecular formula is C4H8N2S2. The fraction of sp³-hybridized carbons (Fsp3) is 0.500. The molecule has 0 saturated carbocycles. The number of hydrogen-bond donors (Lipinski definition) is 1. The lowest BCUT2D eigenvalue weighted by Gasteiger charge is -1.90. The molecule has 0 fully saturated rings. The Bertz CT molecular complexity index is 94.2. The van der Waals surface area contributed by atoms with Gasteiger partial charge in [0, 0.05) is 0 Å². The molecule has 0 aliphatic heterocycles. The first-order valence-electron chi connectivity index (χ1n) is 2.00. The van der Waals surface area contributed by atoms with Gasteiger partial charge in [-0.2, -0.15) is 0 Å². The van der Waals surface area contributed by atoms with Crippen LogP contribution in [-0.4, -0.2) is 23.2 Å². The van der Waals surface area contributed by atoms with Gasteiger partial charge in [0.15, 0.2) is 0 Å². The van der Waals surface area contributed by atoms with Crippen LogP contribution in [0.4, 0.5) is 0 Å². The minimum atomic E-state index is 0.931. The Hall–Kier alpha value is 0.0400. The van der Waals surface area contributed by atoms with Crippen molar-refractivity contribution in [2.75, 3.05) is 12.5 Å². The first kappa shape index (κ1) is 8.04. The topological polar surface area (TPSA) is 36.2 Å². The van der Waals surface area contributed by atoms with E-state index >= 15 is 0 Å². The van der Waals surface area contributed by atoms with Gasteiger partial charge in [0.2, 0.25) is 0 Å². The van der Waals surface area contributed by atoms with E-state index in [1.54, 1.807) is 23.5 Å². The molecule has 0 unspecified atom stereocenters. The molecule has 0 saturated heterocycles. The second-order valence-electron chi connectivity index (χ2n) is 0.932. The molecule has 0 spiro atoms. The summed E-state index contributed by atoms with van der Waals surface area (Å²) in [5, 5.41) is 6.60. The second kappa shape index (κ2) is 5.18. The van der Waals surface area contributed by atoms with Gasteiger partial charge in [-0.15, -0.1) is 23.5 Å². The van der Waals surface area contributed by atoms with Crippen molar-refractivity contribution < 1.29 is 0 Å². The van der Waals surface area contributed by atoms with E-state index in [1.807, 2.05) is 12.5 Å². The van der Waals surface area contributed by atoms with Crippen molar-refractivity contribution in [2.45, 2.75) is 0 Å².